The van der Waals surface area contributed by atoms with Crippen molar-refractivity contribution in [3.05, 3.63) is 66.0 Å². The summed E-state index contributed by atoms with van der Waals surface area (Å²) in [6.45, 7) is 11.6. The smallest absolute Gasteiger partial charge is 0.164 e. The predicted octanol–water partition coefficient (Wildman–Crippen LogP) is 5.38. The number of nitrogens with one attached hydrogen (secondary N) is 1. The molecule has 43 heavy (non-hydrogen) atoms. The molecule has 3 aromatic rings. The molecule has 3 aliphatic rings. The van der Waals surface area contributed by atoms with Crippen LogP contribution in [0.25, 0.3) is 0 Å². The standard InChI is InChI=1S/C32H41F2N7O2/c1-22(2)38-14-16-40(17-15-38)23-9-12-39(13-10-23)24-7-8-27(29(19-24)42-3)37-30-20-31(36-21-35-30)41-28(11-18-43-41)25-5-4-6-26(33)32(25)34/h4-8,19-23,28H,9-18H2,1-3H3,(H,35,36,37). The molecule has 0 aliphatic carbocycles. The Bertz CT molecular complexity index is 1390. The highest BCUT2D eigenvalue weighted by Gasteiger charge is 2.32. The van der Waals surface area contributed by atoms with Gasteiger partial charge < -0.3 is 15.0 Å². The van der Waals surface area contributed by atoms with E-state index >= 15 is 0 Å². The molecule has 1 atom stereocenters. The van der Waals surface area contributed by atoms with Crippen molar-refractivity contribution in [1.29, 1.82) is 0 Å². The monoisotopic (exact) mass is 593 g/mol. The fourth-order valence-electron chi connectivity index (χ4n) is 6.52. The number of anilines is 4. The van der Waals surface area contributed by atoms with Gasteiger partial charge in [0.05, 0.1) is 25.4 Å². The molecule has 1 aromatic heterocycles. The van der Waals surface area contributed by atoms with Crippen molar-refractivity contribution < 1.29 is 18.4 Å². The van der Waals surface area contributed by atoms with Crippen molar-refractivity contribution in [3.63, 3.8) is 0 Å². The molecule has 0 radical (unpaired) electrons. The van der Waals surface area contributed by atoms with Crippen LogP contribution < -0.4 is 20.0 Å². The lowest BCUT2D eigenvalue weighted by atomic mass is 10.0. The van der Waals surface area contributed by atoms with E-state index in [2.05, 4.69) is 56.0 Å². The normalized spacial score (nSPS) is 20.7. The number of benzene rings is 2. The molecule has 0 amide bonds. The Kier molecular flexibility index (Phi) is 8.92. The number of nitrogens with zero attached hydrogens (tertiary/aromatic N) is 6. The highest BCUT2D eigenvalue weighted by Crippen LogP contribution is 2.37. The van der Waals surface area contributed by atoms with Gasteiger partial charge in [0.25, 0.3) is 0 Å². The molecule has 11 heteroatoms. The Morgan fingerprint density at radius 3 is 2.49 bits per heavy atom. The summed E-state index contributed by atoms with van der Waals surface area (Å²) in [4.78, 5) is 22.2. The van der Waals surface area contributed by atoms with E-state index in [9.17, 15) is 8.78 Å². The number of halogens is 2. The summed E-state index contributed by atoms with van der Waals surface area (Å²) in [7, 11) is 1.66. The van der Waals surface area contributed by atoms with Crippen LogP contribution in [0.15, 0.2) is 48.8 Å². The summed E-state index contributed by atoms with van der Waals surface area (Å²) in [5.41, 5.74) is 2.14. The van der Waals surface area contributed by atoms with Gasteiger partial charge in [0, 0.05) is 81.2 Å². The van der Waals surface area contributed by atoms with E-state index in [0.29, 0.717) is 42.5 Å². The molecule has 0 bridgehead atoms. The van der Waals surface area contributed by atoms with Gasteiger partial charge in [-0.2, -0.15) is 0 Å². The molecule has 3 fully saturated rings. The lowest BCUT2D eigenvalue weighted by molar-refractivity contribution is 0.0692. The Morgan fingerprint density at radius 2 is 1.74 bits per heavy atom. The average molecular weight is 594 g/mol. The van der Waals surface area contributed by atoms with Gasteiger partial charge in [-0.3, -0.25) is 14.6 Å². The Balaban J connectivity index is 1.10. The molecule has 6 rings (SSSR count). The Labute approximate surface area is 252 Å². The summed E-state index contributed by atoms with van der Waals surface area (Å²) in [6, 6.07) is 12.9. The zero-order chi connectivity index (χ0) is 29.9. The van der Waals surface area contributed by atoms with Crippen LogP contribution in [0.4, 0.5) is 31.8 Å². The minimum absolute atomic E-state index is 0.237. The molecule has 1 N–H and O–H groups in total. The van der Waals surface area contributed by atoms with Crippen LogP contribution in [0.2, 0.25) is 0 Å². The summed E-state index contributed by atoms with van der Waals surface area (Å²) in [5.74, 6) is -0.0544. The van der Waals surface area contributed by atoms with Crippen LogP contribution in [0, 0.1) is 11.6 Å². The highest BCUT2D eigenvalue weighted by molar-refractivity contribution is 5.70. The molecule has 4 heterocycles. The summed E-state index contributed by atoms with van der Waals surface area (Å²) < 4.78 is 34.3. The maximum absolute atomic E-state index is 14.6. The van der Waals surface area contributed by atoms with Gasteiger partial charge in [-0.15, -0.1) is 0 Å². The van der Waals surface area contributed by atoms with Crippen molar-refractivity contribution in [3.8, 4) is 5.75 Å². The van der Waals surface area contributed by atoms with Crippen LogP contribution >= 0.6 is 0 Å². The Hall–Kier alpha value is -3.54. The first-order valence-corrected chi connectivity index (χ1v) is 15.3. The van der Waals surface area contributed by atoms with Gasteiger partial charge in [-0.1, -0.05) is 12.1 Å². The lowest BCUT2D eigenvalue weighted by Crippen LogP contribution is -2.54. The lowest BCUT2D eigenvalue weighted by Gasteiger charge is -2.44. The van der Waals surface area contributed by atoms with Crippen LogP contribution in [0.3, 0.4) is 0 Å². The molecule has 9 nitrogen and oxygen atoms in total. The maximum Gasteiger partial charge on any atom is 0.164 e. The van der Waals surface area contributed by atoms with Gasteiger partial charge in [0.15, 0.2) is 17.5 Å². The fourth-order valence-corrected chi connectivity index (χ4v) is 6.52. The molecule has 3 aliphatic heterocycles. The second-order valence-electron chi connectivity index (χ2n) is 11.8. The highest BCUT2D eigenvalue weighted by atomic mass is 19.2. The minimum Gasteiger partial charge on any atom is -0.494 e. The van der Waals surface area contributed by atoms with E-state index < -0.39 is 17.7 Å². The minimum atomic E-state index is -0.880. The third-order valence-electron chi connectivity index (χ3n) is 9.00. The average Bonchev–Trinajstić information content (AvgIpc) is 3.53. The summed E-state index contributed by atoms with van der Waals surface area (Å²) in [5, 5.41) is 4.86. The Morgan fingerprint density at radius 1 is 0.953 bits per heavy atom. The molecular weight excluding hydrogens is 552 g/mol. The molecule has 1 unspecified atom stereocenters. The number of hydroxylamine groups is 1. The van der Waals surface area contributed by atoms with E-state index in [1.54, 1.807) is 19.2 Å². The van der Waals surface area contributed by atoms with Crippen molar-refractivity contribution >= 4 is 23.0 Å². The number of rotatable bonds is 8. The van der Waals surface area contributed by atoms with Gasteiger partial charge in [-0.25, -0.2) is 23.8 Å². The number of methoxy groups -OCH3 is 1. The van der Waals surface area contributed by atoms with E-state index in [1.807, 2.05) is 6.07 Å². The largest absolute Gasteiger partial charge is 0.494 e. The van der Waals surface area contributed by atoms with E-state index in [-0.39, 0.29) is 5.56 Å². The van der Waals surface area contributed by atoms with Gasteiger partial charge in [0.2, 0.25) is 0 Å². The first-order chi connectivity index (χ1) is 20.9. The van der Waals surface area contributed by atoms with Crippen LogP contribution in [0.1, 0.15) is 44.7 Å². The predicted molar refractivity (Wildman–Crippen MR) is 164 cm³/mol. The molecular formula is C32H41F2N7O2. The second kappa shape index (κ2) is 13.0. The fraction of sp³-hybridized carbons (Fsp3) is 0.500. The van der Waals surface area contributed by atoms with Crippen molar-refractivity contribution in [2.45, 2.75) is 51.2 Å². The SMILES string of the molecule is COc1cc(N2CCC(N3CCN(C(C)C)CC3)CC2)ccc1Nc1cc(N2OCCC2c2cccc(F)c2F)ncn1. The summed E-state index contributed by atoms with van der Waals surface area (Å²) in [6.07, 6.45) is 4.25. The van der Waals surface area contributed by atoms with Gasteiger partial charge in [0.1, 0.15) is 17.9 Å². The van der Waals surface area contributed by atoms with Crippen molar-refractivity contribution in [1.82, 2.24) is 19.8 Å². The number of ether oxygens (including phenoxy) is 1. The quantitative estimate of drug-likeness (QED) is 0.371. The van der Waals surface area contributed by atoms with E-state index in [0.717, 1.165) is 69.6 Å². The van der Waals surface area contributed by atoms with E-state index in [4.69, 9.17) is 9.57 Å². The molecule has 230 valence electrons. The van der Waals surface area contributed by atoms with Gasteiger partial charge >= 0.3 is 0 Å². The number of piperidine rings is 1. The number of hydrogen-bond donors (Lipinski definition) is 1. The van der Waals surface area contributed by atoms with Crippen molar-refractivity contribution in [2.75, 3.05) is 68.3 Å². The molecule has 0 saturated carbocycles. The van der Waals surface area contributed by atoms with E-state index in [1.165, 1.54) is 17.5 Å². The molecule has 3 saturated heterocycles. The van der Waals surface area contributed by atoms with Gasteiger partial charge in [-0.05, 0) is 44.9 Å². The third-order valence-corrected chi connectivity index (χ3v) is 9.00. The zero-order valence-electron chi connectivity index (χ0n) is 25.2. The summed E-state index contributed by atoms with van der Waals surface area (Å²) >= 11 is 0. The third kappa shape index (κ3) is 6.39. The molecule has 0 spiro atoms. The maximum atomic E-state index is 14.6. The van der Waals surface area contributed by atoms with Crippen LogP contribution in [0.5, 0.6) is 5.75 Å². The van der Waals surface area contributed by atoms with Crippen LogP contribution in [-0.4, -0.2) is 84.8 Å². The van der Waals surface area contributed by atoms with Crippen molar-refractivity contribution in [2.24, 2.45) is 0 Å². The second-order valence-corrected chi connectivity index (χ2v) is 11.8. The number of aromatic nitrogens is 2. The van der Waals surface area contributed by atoms with Crippen LogP contribution in [-0.2, 0) is 4.84 Å². The number of piperazine rings is 1. The topological polar surface area (TPSA) is 69.2 Å². The first kappa shape index (κ1) is 29.5. The first-order valence-electron chi connectivity index (χ1n) is 15.3. The molecule has 2 aromatic carbocycles. The zero-order valence-corrected chi connectivity index (χ0v) is 25.2. The number of hydrogen-bond acceptors (Lipinski definition) is 9.